The number of aliphatic hydroxyl groups is 1. The number of nitrogens with one attached hydrogen (secondary N) is 1. The molecule has 1 saturated heterocycles. The van der Waals surface area contributed by atoms with Crippen molar-refractivity contribution in [1.82, 2.24) is 19.1 Å². The average molecular weight is 505 g/mol. The summed E-state index contributed by atoms with van der Waals surface area (Å²) in [5.74, 6) is 0. The standard InChI is InChI=1S/C11H18N5O12P3/c1-15-4-14-11-9(10(15)12)13-5-16(11)8-2-6(17)7(26-8)3-25-30(21,22)28-31(23,24)27-29(18,19)20/h4-8,12,17H,2-3H2,1H3,(H,21,22)(H,23,24)(H2,18,19,20)/t6-,7+,8+/m0/s1. The first-order valence-electron chi connectivity index (χ1n) is 8.22. The number of aryl methyl sites for hydroxylation is 1. The second-order valence-electron chi connectivity index (χ2n) is 6.35. The van der Waals surface area contributed by atoms with Gasteiger partial charge in [0.2, 0.25) is 0 Å². The van der Waals surface area contributed by atoms with Gasteiger partial charge in [-0.25, -0.2) is 23.7 Å². The molecule has 0 spiro atoms. The van der Waals surface area contributed by atoms with Gasteiger partial charge in [-0.05, 0) is 0 Å². The smallest absolute Gasteiger partial charge is 0.390 e. The van der Waals surface area contributed by atoms with E-state index >= 15 is 0 Å². The number of hydrogen-bond acceptors (Lipinski definition) is 11. The Bertz CT molecular complexity index is 1170. The molecule has 0 aliphatic carbocycles. The van der Waals surface area contributed by atoms with Gasteiger partial charge in [-0.15, -0.1) is 0 Å². The van der Waals surface area contributed by atoms with Crippen molar-refractivity contribution in [3.8, 4) is 0 Å². The van der Waals surface area contributed by atoms with Gasteiger partial charge in [0, 0.05) is 13.5 Å². The molecule has 0 amide bonds. The molecule has 0 saturated carbocycles. The fourth-order valence-electron chi connectivity index (χ4n) is 2.73. The maximum atomic E-state index is 11.8. The minimum Gasteiger partial charge on any atom is -0.390 e. The predicted molar refractivity (Wildman–Crippen MR) is 96.7 cm³/mol. The lowest BCUT2D eigenvalue weighted by Crippen LogP contribution is -2.26. The van der Waals surface area contributed by atoms with Gasteiger partial charge in [0.05, 0.1) is 25.4 Å². The molecule has 0 aromatic carbocycles. The second kappa shape index (κ2) is 8.56. The third-order valence-corrected chi connectivity index (χ3v) is 7.83. The van der Waals surface area contributed by atoms with Crippen molar-refractivity contribution in [2.24, 2.45) is 7.05 Å². The molecule has 2 aromatic heterocycles. The quantitative estimate of drug-likeness (QED) is 0.241. The normalized spacial score (nSPS) is 26.1. The first kappa shape index (κ1) is 24.3. The summed E-state index contributed by atoms with van der Waals surface area (Å²) in [4.78, 5) is 43.9. The number of phosphoric ester groups is 1. The van der Waals surface area contributed by atoms with Gasteiger partial charge >= 0.3 is 23.5 Å². The van der Waals surface area contributed by atoms with Crippen LogP contribution in [0.3, 0.4) is 0 Å². The highest BCUT2D eigenvalue weighted by Gasteiger charge is 2.43. The monoisotopic (exact) mass is 505 g/mol. The van der Waals surface area contributed by atoms with Crippen molar-refractivity contribution in [3.05, 3.63) is 18.1 Å². The third kappa shape index (κ3) is 5.93. The third-order valence-electron chi connectivity index (χ3n) is 4.03. The van der Waals surface area contributed by atoms with Crippen LogP contribution in [0.25, 0.3) is 11.2 Å². The van der Waals surface area contributed by atoms with Crippen molar-refractivity contribution in [1.29, 1.82) is 5.41 Å². The van der Waals surface area contributed by atoms with Crippen LogP contribution in [0, 0.1) is 5.41 Å². The van der Waals surface area contributed by atoms with Gasteiger partial charge in [0.15, 0.2) is 11.1 Å². The molecule has 174 valence electrons. The number of imidazole rings is 1. The topological polar surface area (TPSA) is 249 Å². The lowest BCUT2D eigenvalue weighted by Gasteiger charge is -2.19. The van der Waals surface area contributed by atoms with Gasteiger partial charge < -0.3 is 34.0 Å². The molecule has 20 heteroatoms. The summed E-state index contributed by atoms with van der Waals surface area (Å²) in [6, 6.07) is 0. The van der Waals surface area contributed by atoms with Gasteiger partial charge in [-0.2, -0.15) is 8.62 Å². The Morgan fingerprint density at radius 2 is 1.84 bits per heavy atom. The van der Waals surface area contributed by atoms with Crippen molar-refractivity contribution < 1.29 is 56.3 Å². The molecular formula is C11H18N5O12P3. The van der Waals surface area contributed by atoms with Crippen LogP contribution in [-0.4, -0.2) is 62.6 Å². The van der Waals surface area contributed by atoms with E-state index in [1.807, 2.05) is 0 Å². The molecule has 31 heavy (non-hydrogen) atoms. The zero-order valence-corrected chi connectivity index (χ0v) is 18.2. The van der Waals surface area contributed by atoms with Crippen LogP contribution >= 0.6 is 23.5 Å². The highest BCUT2D eigenvalue weighted by Crippen LogP contribution is 2.66. The summed E-state index contributed by atoms with van der Waals surface area (Å²) in [6.45, 7) is -0.792. The number of fused-ring (bicyclic) bond motifs is 1. The zero-order chi connectivity index (χ0) is 23.2. The van der Waals surface area contributed by atoms with E-state index in [1.165, 1.54) is 21.8 Å². The Labute approximate surface area is 172 Å². The van der Waals surface area contributed by atoms with Crippen LogP contribution in [0.4, 0.5) is 0 Å². The number of nitrogens with zero attached hydrogens (tertiary/aromatic N) is 4. The lowest BCUT2D eigenvalue weighted by molar-refractivity contribution is -0.0423. The Balaban J connectivity index is 1.66. The number of aliphatic hydroxyl groups excluding tert-OH is 1. The molecule has 0 bridgehead atoms. The van der Waals surface area contributed by atoms with Crippen LogP contribution in [-0.2, 0) is 38.6 Å². The molecule has 5 atom stereocenters. The van der Waals surface area contributed by atoms with E-state index in [2.05, 4.69) is 23.1 Å². The number of phosphoric acid groups is 3. The second-order valence-corrected chi connectivity index (χ2v) is 10.8. The van der Waals surface area contributed by atoms with Crippen LogP contribution in [0.2, 0.25) is 0 Å². The molecule has 2 unspecified atom stereocenters. The van der Waals surface area contributed by atoms with Crippen molar-refractivity contribution in [3.63, 3.8) is 0 Å². The van der Waals surface area contributed by atoms with E-state index in [9.17, 15) is 23.7 Å². The number of rotatable bonds is 8. The maximum Gasteiger partial charge on any atom is 0.490 e. The molecule has 1 aliphatic rings. The van der Waals surface area contributed by atoms with E-state index in [4.69, 9.17) is 24.8 Å². The minimum atomic E-state index is -5.64. The summed E-state index contributed by atoms with van der Waals surface area (Å²) in [6.07, 6.45) is -0.494. The molecule has 1 aliphatic heterocycles. The largest absolute Gasteiger partial charge is 0.490 e. The first-order valence-corrected chi connectivity index (χ1v) is 12.7. The molecule has 1 fully saturated rings. The number of ether oxygens (including phenoxy) is 1. The molecule has 3 rings (SSSR count). The minimum absolute atomic E-state index is 0.00802. The summed E-state index contributed by atoms with van der Waals surface area (Å²) in [5.41, 5.74) is 0.667. The number of hydrogen-bond donors (Lipinski definition) is 6. The van der Waals surface area contributed by atoms with E-state index in [0.29, 0.717) is 5.65 Å². The fourth-order valence-corrected chi connectivity index (χ4v) is 5.76. The van der Waals surface area contributed by atoms with E-state index in [-0.39, 0.29) is 17.4 Å². The van der Waals surface area contributed by atoms with Gasteiger partial charge in [0.25, 0.3) is 0 Å². The fraction of sp³-hybridized carbons (Fsp3) is 0.545. The zero-order valence-electron chi connectivity index (χ0n) is 15.5. The SMILES string of the molecule is Cn1cnc2c(ncn2[C@H]2C[C@H](O)[C@@H](COP(=O)(O)OP(=O)(O)OP(=O)(O)O)O2)c1=N. The average Bonchev–Trinajstić information content (AvgIpc) is 3.17. The van der Waals surface area contributed by atoms with Gasteiger partial charge in [-0.1, -0.05) is 0 Å². The highest BCUT2D eigenvalue weighted by atomic mass is 31.3. The van der Waals surface area contributed by atoms with Gasteiger partial charge in [-0.3, -0.25) is 14.5 Å². The van der Waals surface area contributed by atoms with Crippen LogP contribution in [0.15, 0.2) is 12.7 Å². The Morgan fingerprint density at radius 1 is 1.16 bits per heavy atom. The maximum absolute atomic E-state index is 11.8. The van der Waals surface area contributed by atoms with Crippen LogP contribution in [0.5, 0.6) is 0 Å². The molecule has 6 N–H and O–H groups in total. The highest BCUT2D eigenvalue weighted by molar-refractivity contribution is 7.66. The Morgan fingerprint density at radius 3 is 2.48 bits per heavy atom. The summed E-state index contributed by atoms with van der Waals surface area (Å²) < 4.78 is 53.9. The lowest BCUT2D eigenvalue weighted by atomic mass is 10.2. The Hall–Kier alpha value is -1.32. The van der Waals surface area contributed by atoms with Crippen molar-refractivity contribution in [2.75, 3.05) is 6.61 Å². The van der Waals surface area contributed by atoms with Gasteiger partial charge in [0.1, 0.15) is 17.8 Å². The molecular weight excluding hydrogens is 487 g/mol. The molecule has 17 nitrogen and oxygen atoms in total. The van der Waals surface area contributed by atoms with E-state index in [0.717, 1.165) is 0 Å². The summed E-state index contributed by atoms with van der Waals surface area (Å²) in [7, 11) is -14.9. The Kier molecular flexibility index (Phi) is 6.71. The van der Waals surface area contributed by atoms with E-state index in [1.54, 1.807) is 7.05 Å². The van der Waals surface area contributed by atoms with E-state index < -0.39 is 48.5 Å². The molecule has 3 heterocycles. The summed E-state index contributed by atoms with van der Waals surface area (Å²) >= 11 is 0. The molecule has 2 aromatic rings. The van der Waals surface area contributed by atoms with Crippen LogP contribution < -0.4 is 5.49 Å². The van der Waals surface area contributed by atoms with Crippen molar-refractivity contribution >= 4 is 34.6 Å². The first-order chi connectivity index (χ1) is 14.2. The number of aromatic nitrogens is 4. The van der Waals surface area contributed by atoms with Crippen molar-refractivity contribution in [2.45, 2.75) is 24.9 Å². The predicted octanol–water partition coefficient (Wildman–Crippen LogP) is -0.759. The van der Waals surface area contributed by atoms with Crippen LogP contribution in [0.1, 0.15) is 12.6 Å². The molecule has 0 radical (unpaired) electrons. The summed E-state index contributed by atoms with van der Waals surface area (Å²) in [5, 5.41) is 18.1.